The lowest BCUT2D eigenvalue weighted by Gasteiger charge is -2.24. The van der Waals surface area contributed by atoms with Gasteiger partial charge in [0.15, 0.2) is 16.6 Å². The van der Waals surface area contributed by atoms with Crippen molar-refractivity contribution in [2.75, 3.05) is 41.4 Å². The van der Waals surface area contributed by atoms with E-state index in [9.17, 15) is 4.79 Å². The molecule has 3 rings (SSSR count). The first-order chi connectivity index (χ1) is 11.3. The summed E-state index contributed by atoms with van der Waals surface area (Å²) in [5.41, 5.74) is 0.708. The second kappa shape index (κ2) is 5.87. The first-order valence-corrected chi connectivity index (χ1v) is 7.76. The van der Waals surface area contributed by atoms with E-state index in [1.54, 1.807) is 19.3 Å². The van der Waals surface area contributed by atoms with Gasteiger partial charge in [0.05, 0.1) is 39.9 Å². The van der Waals surface area contributed by atoms with Crippen molar-refractivity contribution in [1.82, 2.24) is 0 Å². The molecule has 3 aromatic rings. The molecule has 0 bridgehead atoms. The van der Waals surface area contributed by atoms with Crippen LogP contribution in [0.4, 0.5) is 0 Å². The van der Waals surface area contributed by atoms with Gasteiger partial charge in [0.2, 0.25) is 5.75 Å². The number of quaternary nitrogens is 1. The molecular weight excluding hydrogens is 310 g/mol. The minimum Gasteiger partial charge on any atom is -0.490 e. The normalized spacial score (nSPS) is 12.0. The number of benzene rings is 1. The first-order valence-electron chi connectivity index (χ1n) is 7.76. The number of hydrogen-bond acceptors (Lipinski definition) is 5. The number of aryl methyl sites for hydroxylation is 1. The van der Waals surface area contributed by atoms with Crippen molar-refractivity contribution in [2.45, 2.75) is 6.92 Å². The van der Waals surface area contributed by atoms with E-state index in [-0.39, 0.29) is 5.43 Å². The maximum atomic E-state index is 12.6. The van der Waals surface area contributed by atoms with Gasteiger partial charge in [-0.15, -0.1) is 0 Å². The SMILES string of the molecule is COc1c2occc2c(OCC[N+](C)(C)C)c2c(=O)cc(C)oc12. The molecule has 0 aliphatic carbocycles. The minimum atomic E-state index is -0.157. The summed E-state index contributed by atoms with van der Waals surface area (Å²) in [6.07, 6.45) is 1.55. The Morgan fingerprint density at radius 1 is 1.17 bits per heavy atom. The summed E-state index contributed by atoms with van der Waals surface area (Å²) in [4.78, 5) is 12.6. The van der Waals surface area contributed by atoms with Crippen LogP contribution in [0.1, 0.15) is 5.76 Å². The second-order valence-electron chi connectivity index (χ2n) is 6.81. The molecule has 0 aliphatic heterocycles. The van der Waals surface area contributed by atoms with Gasteiger partial charge in [0, 0.05) is 6.07 Å². The molecule has 0 amide bonds. The van der Waals surface area contributed by atoms with Crippen LogP contribution < -0.4 is 14.9 Å². The molecule has 6 heteroatoms. The highest BCUT2D eigenvalue weighted by Gasteiger charge is 2.23. The second-order valence-corrected chi connectivity index (χ2v) is 6.81. The van der Waals surface area contributed by atoms with Crippen molar-refractivity contribution in [3.05, 3.63) is 34.4 Å². The summed E-state index contributed by atoms with van der Waals surface area (Å²) in [6, 6.07) is 3.23. The van der Waals surface area contributed by atoms with E-state index < -0.39 is 0 Å². The summed E-state index contributed by atoms with van der Waals surface area (Å²) in [5.74, 6) is 1.40. The maximum Gasteiger partial charge on any atom is 0.206 e. The smallest absolute Gasteiger partial charge is 0.206 e. The molecule has 0 unspecified atom stereocenters. The molecule has 0 spiro atoms. The summed E-state index contributed by atoms with van der Waals surface area (Å²) in [6.45, 7) is 2.99. The third kappa shape index (κ3) is 2.85. The molecule has 128 valence electrons. The molecule has 2 aromatic heterocycles. The first kappa shape index (κ1) is 16.4. The summed E-state index contributed by atoms with van der Waals surface area (Å²) < 4.78 is 23.5. The van der Waals surface area contributed by atoms with Crippen LogP contribution in [0, 0.1) is 6.92 Å². The van der Waals surface area contributed by atoms with E-state index >= 15 is 0 Å². The fourth-order valence-electron chi connectivity index (χ4n) is 2.64. The van der Waals surface area contributed by atoms with Gasteiger partial charge in [-0.05, 0) is 13.0 Å². The number of methoxy groups -OCH3 is 1. The van der Waals surface area contributed by atoms with Gasteiger partial charge in [-0.2, -0.15) is 0 Å². The Kier molecular flexibility index (Phi) is 4.01. The van der Waals surface area contributed by atoms with Crippen molar-refractivity contribution in [3.63, 3.8) is 0 Å². The Bertz CT molecular complexity index is 946. The van der Waals surface area contributed by atoms with Gasteiger partial charge in [-0.3, -0.25) is 4.79 Å². The number of likely N-dealkylation sites (N-methyl/N-ethyl adjacent to an activating group) is 1. The van der Waals surface area contributed by atoms with Crippen molar-refractivity contribution < 1.29 is 22.8 Å². The molecule has 2 heterocycles. The lowest BCUT2D eigenvalue weighted by Crippen LogP contribution is -2.38. The van der Waals surface area contributed by atoms with Crippen LogP contribution in [0.15, 0.2) is 32.0 Å². The summed E-state index contributed by atoms with van der Waals surface area (Å²) in [7, 11) is 7.78. The quantitative estimate of drug-likeness (QED) is 0.672. The van der Waals surface area contributed by atoms with E-state index in [1.807, 2.05) is 0 Å². The van der Waals surface area contributed by atoms with Crippen molar-refractivity contribution in [3.8, 4) is 11.5 Å². The summed E-state index contributed by atoms with van der Waals surface area (Å²) >= 11 is 0. The van der Waals surface area contributed by atoms with E-state index in [0.717, 1.165) is 11.0 Å². The Morgan fingerprint density at radius 2 is 1.92 bits per heavy atom. The number of hydrogen-bond donors (Lipinski definition) is 0. The standard InChI is InChI=1S/C18H22NO5/c1-11-10-13(20)14-15(23-9-7-19(2,3)4)12-6-8-22-16(12)18(21-5)17(14)24-11/h6,8,10H,7,9H2,1-5H3/q+1. The van der Waals surface area contributed by atoms with Crippen LogP contribution >= 0.6 is 0 Å². The average Bonchev–Trinajstić information content (AvgIpc) is 2.94. The number of rotatable bonds is 5. The van der Waals surface area contributed by atoms with E-state index in [0.29, 0.717) is 45.8 Å². The molecule has 0 aliphatic rings. The zero-order valence-corrected chi connectivity index (χ0v) is 14.6. The molecule has 0 N–H and O–H groups in total. The van der Waals surface area contributed by atoms with Gasteiger partial charge >= 0.3 is 0 Å². The predicted octanol–water partition coefficient (Wildman–Crippen LogP) is 2.94. The third-order valence-electron chi connectivity index (χ3n) is 3.83. The number of nitrogens with zero attached hydrogens (tertiary/aromatic N) is 1. The average molecular weight is 332 g/mol. The lowest BCUT2D eigenvalue weighted by molar-refractivity contribution is -0.870. The van der Waals surface area contributed by atoms with Crippen LogP contribution in [0.25, 0.3) is 21.9 Å². The van der Waals surface area contributed by atoms with Gasteiger partial charge in [-0.25, -0.2) is 0 Å². The maximum absolute atomic E-state index is 12.6. The van der Waals surface area contributed by atoms with E-state index in [4.69, 9.17) is 18.3 Å². The molecule has 0 radical (unpaired) electrons. The lowest BCUT2D eigenvalue weighted by atomic mass is 10.1. The third-order valence-corrected chi connectivity index (χ3v) is 3.83. The Hall–Kier alpha value is -2.47. The van der Waals surface area contributed by atoms with Crippen molar-refractivity contribution in [1.29, 1.82) is 0 Å². The Morgan fingerprint density at radius 3 is 2.58 bits per heavy atom. The highest BCUT2D eigenvalue weighted by atomic mass is 16.5. The largest absolute Gasteiger partial charge is 0.490 e. The van der Waals surface area contributed by atoms with Crippen LogP contribution in [-0.2, 0) is 0 Å². The van der Waals surface area contributed by atoms with Gasteiger partial charge in [-0.1, -0.05) is 0 Å². The van der Waals surface area contributed by atoms with Gasteiger partial charge in [0.1, 0.15) is 30.0 Å². The molecule has 1 aromatic carbocycles. The molecule has 0 atom stereocenters. The highest BCUT2D eigenvalue weighted by Crippen LogP contribution is 2.42. The van der Waals surface area contributed by atoms with Crippen LogP contribution in [0.5, 0.6) is 11.5 Å². The number of furan rings is 1. The zero-order valence-electron chi connectivity index (χ0n) is 14.6. The van der Waals surface area contributed by atoms with Crippen LogP contribution in [-0.4, -0.2) is 45.9 Å². The van der Waals surface area contributed by atoms with Crippen LogP contribution in [0.3, 0.4) is 0 Å². The molecule has 6 nitrogen and oxygen atoms in total. The topological polar surface area (TPSA) is 61.8 Å². The molecule has 24 heavy (non-hydrogen) atoms. The number of ether oxygens (including phenoxy) is 2. The monoisotopic (exact) mass is 332 g/mol. The number of fused-ring (bicyclic) bond motifs is 2. The van der Waals surface area contributed by atoms with Gasteiger partial charge < -0.3 is 22.8 Å². The van der Waals surface area contributed by atoms with Crippen molar-refractivity contribution in [2.24, 2.45) is 0 Å². The van der Waals surface area contributed by atoms with E-state index in [2.05, 4.69) is 21.1 Å². The van der Waals surface area contributed by atoms with E-state index in [1.165, 1.54) is 13.2 Å². The minimum absolute atomic E-state index is 0.157. The zero-order chi connectivity index (χ0) is 17.5. The molecular formula is C18H22NO5+. The fraction of sp³-hybridized carbons (Fsp3) is 0.389. The Balaban J connectivity index is 2.25. The fourth-order valence-corrected chi connectivity index (χ4v) is 2.64. The van der Waals surface area contributed by atoms with Crippen LogP contribution in [0.2, 0.25) is 0 Å². The predicted molar refractivity (Wildman–Crippen MR) is 91.9 cm³/mol. The molecule has 0 saturated heterocycles. The molecule has 0 saturated carbocycles. The molecule has 0 fully saturated rings. The summed E-state index contributed by atoms with van der Waals surface area (Å²) in [5, 5.41) is 1.09. The van der Waals surface area contributed by atoms with Crippen molar-refractivity contribution >= 4 is 21.9 Å². The highest BCUT2D eigenvalue weighted by molar-refractivity contribution is 6.06. The van der Waals surface area contributed by atoms with Gasteiger partial charge in [0.25, 0.3) is 0 Å². The Labute approximate surface area is 139 Å².